The highest BCUT2D eigenvalue weighted by Gasteiger charge is 2.10. The number of aromatic nitrogens is 4. The first-order chi connectivity index (χ1) is 11.1. The number of carbonyl (C=O) groups is 1. The summed E-state index contributed by atoms with van der Waals surface area (Å²) in [5.41, 5.74) is 1.76. The molecule has 0 spiro atoms. The molecule has 0 radical (unpaired) electrons. The average Bonchev–Trinajstić information content (AvgIpc) is 3.15. The Bertz CT molecular complexity index is 830. The molecule has 3 N–H and O–H groups in total. The van der Waals surface area contributed by atoms with Crippen LogP contribution in [0, 0.1) is 6.92 Å². The zero-order valence-corrected chi connectivity index (χ0v) is 14.5. The molecule has 0 atom stereocenters. The van der Waals surface area contributed by atoms with Crippen molar-refractivity contribution >= 4 is 38.5 Å². The number of H-pyrrole nitrogens is 1. The quantitative estimate of drug-likeness (QED) is 0.634. The fourth-order valence-corrected chi connectivity index (χ4v) is 3.00. The molecule has 7 nitrogen and oxygen atoms in total. The van der Waals surface area contributed by atoms with E-state index >= 15 is 0 Å². The monoisotopic (exact) mass is 392 g/mol. The van der Waals surface area contributed by atoms with E-state index in [-0.39, 0.29) is 12.6 Å². The van der Waals surface area contributed by atoms with Crippen molar-refractivity contribution in [3.63, 3.8) is 0 Å². The standard InChI is InChI=1S/C14H13BrN6OS/c1-8-6-12(23-21-8)18-14(22)16-7-11-17-13(20-19-11)9-4-2-3-5-10(9)15/h2-6H,7H2,1H3,(H2,16,18,22)(H,17,19,20). The van der Waals surface area contributed by atoms with Crippen LogP contribution in [0.15, 0.2) is 34.8 Å². The molecule has 0 saturated heterocycles. The van der Waals surface area contributed by atoms with E-state index in [1.165, 1.54) is 11.5 Å². The average molecular weight is 393 g/mol. The minimum absolute atomic E-state index is 0.251. The molecule has 3 aromatic rings. The number of hydrogen-bond acceptors (Lipinski definition) is 5. The van der Waals surface area contributed by atoms with Gasteiger partial charge in [0.2, 0.25) is 0 Å². The molecule has 118 valence electrons. The van der Waals surface area contributed by atoms with Crippen molar-refractivity contribution in [3.05, 3.63) is 46.3 Å². The van der Waals surface area contributed by atoms with Crippen LogP contribution in [-0.2, 0) is 6.54 Å². The maximum atomic E-state index is 11.8. The SMILES string of the molecule is Cc1cc(NC(=O)NCc2nc(-c3ccccc3Br)n[nH]2)sn1. The lowest BCUT2D eigenvalue weighted by molar-refractivity contribution is 0.251. The number of hydrogen-bond donors (Lipinski definition) is 3. The molecule has 23 heavy (non-hydrogen) atoms. The normalized spacial score (nSPS) is 10.5. The van der Waals surface area contributed by atoms with Crippen LogP contribution < -0.4 is 10.6 Å². The van der Waals surface area contributed by atoms with Crippen molar-refractivity contribution in [2.45, 2.75) is 13.5 Å². The maximum Gasteiger partial charge on any atom is 0.320 e. The van der Waals surface area contributed by atoms with Crippen LogP contribution in [0.2, 0.25) is 0 Å². The second-order valence-corrected chi connectivity index (χ2v) is 6.39. The molecule has 2 heterocycles. The first kappa shape index (κ1) is 15.6. The number of carbonyl (C=O) groups excluding carboxylic acids is 1. The predicted molar refractivity (Wildman–Crippen MR) is 92.2 cm³/mol. The lowest BCUT2D eigenvalue weighted by atomic mass is 10.2. The van der Waals surface area contributed by atoms with E-state index in [0.717, 1.165) is 15.7 Å². The lowest BCUT2D eigenvalue weighted by Crippen LogP contribution is -2.28. The van der Waals surface area contributed by atoms with Gasteiger partial charge in [-0.3, -0.25) is 10.4 Å². The Kier molecular flexibility index (Phi) is 4.68. The second kappa shape index (κ2) is 6.88. The molecule has 9 heteroatoms. The van der Waals surface area contributed by atoms with Gasteiger partial charge < -0.3 is 5.32 Å². The summed E-state index contributed by atoms with van der Waals surface area (Å²) in [6.07, 6.45) is 0. The van der Waals surface area contributed by atoms with Crippen molar-refractivity contribution in [2.24, 2.45) is 0 Å². The summed E-state index contributed by atoms with van der Waals surface area (Å²) in [5.74, 6) is 1.15. The molecule has 2 aromatic heterocycles. The first-order valence-corrected chi connectivity index (χ1v) is 8.33. The summed E-state index contributed by atoms with van der Waals surface area (Å²) in [6, 6.07) is 9.18. The summed E-state index contributed by atoms with van der Waals surface area (Å²) in [7, 11) is 0. The van der Waals surface area contributed by atoms with Crippen LogP contribution in [0.25, 0.3) is 11.4 Å². The fraction of sp³-hybridized carbons (Fsp3) is 0.143. The van der Waals surface area contributed by atoms with Gasteiger partial charge >= 0.3 is 6.03 Å². The van der Waals surface area contributed by atoms with Crippen LogP contribution in [0.4, 0.5) is 9.80 Å². The number of rotatable bonds is 4. The Hall–Kier alpha value is -2.26. The van der Waals surface area contributed by atoms with Crippen molar-refractivity contribution in [3.8, 4) is 11.4 Å². The van der Waals surface area contributed by atoms with E-state index in [4.69, 9.17) is 0 Å². The number of halogens is 1. The molecular formula is C14H13BrN6OS. The molecule has 2 amide bonds. The Morgan fingerprint density at radius 1 is 1.39 bits per heavy atom. The summed E-state index contributed by atoms with van der Waals surface area (Å²) in [4.78, 5) is 16.2. The first-order valence-electron chi connectivity index (χ1n) is 6.76. The minimum atomic E-state index is -0.313. The number of aromatic amines is 1. The van der Waals surface area contributed by atoms with E-state index in [1.54, 1.807) is 0 Å². The molecule has 0 saturated carbocycles. The number of nitrogens with one attached hydrogen (secondary N) is 3. The van der Waals surface area contributed by atoms with Crippen LogP contribution in [-0.4, -0.2) is 25.6 Å². The van der Waals surface area contributed by atoms with Crippen molar-refractivity contribution < 1.29 is 4.79 Å². The van der Waals surface area contributed by atoms with E-state index in [0.29, 0.717) is 16.6 Å². The fourth-order valence-electron chi connectivity index (χ4n) is 1.88. The Morgan fingerprint density at radius 3 is 2.96 bits per heavy atom. The molecular weight excluding hydrogens is 380 g/mol. The molecule has 0 aliphatic carbocycles. The highest BCUT2D eigenvalue weighted by molar-refractivity contribution is 9.10. The van der Waals surface area contributed by atoms with Crippen LogP contribution >= 0.6 is 27.5 Å². The Morgan fingerprint density at radius 2 is 2.22 bits per heavy atom. The molecule has 0 aliphatic rings. The molecule has 1 aromatic carbocycles. The van der Waals surface area contributed by atoms with Gasteiger partial charge in [0, 0.05) is 10.0 Å². The molecule has 0 aliphatic heterocycles. The van der Waals surface area contributed by atoms with Crippen molar-refractivity contribution in [2.75, 3.05) is 5.32 Å². The number of amides is 2. The number of aryl methyl sites for hydroxylation is 1. The van der Waals surface area contributed by atoms with Gasteiger partial charge in [-0.15, -0.1) is 0 Å². The Balaban J connectivity index is 1.59. The van der Waals surface area contributed by atoms with Crippen LogP contribution in [0.5, 0.6) is 0 Å². The summed E-state index contributed by atoms with van der Waals surface area (Å²) >= 11 is 4.70. The van der Waals surface area contributed by atoms with Gasteiger partial charge in [-0.25, -0.2) is 9.78 Å². The third-order valence-electron chi connectivity index (χ3n) is 2.93. The van der Waals surface area contributed by atoms with Gasteiger partial charge in [0.05, 0.1) is 12.2 Å². The zero-order valence-electron chi connectivity index (χ0n) is 12.1. The van der Waals surface area contributed by atoms with Crippen LogP contribution in [0.3, 0.4) is 0 Å². The zero-order chi connectivity index (χ0) is 16.2. The highest BCUT2D eigenvalue weighted by atomic mass is 79.9. The maximum absolute atomic E-state index is 11.8. The van der Waals surface area contributed by atoms with Gasteiger partial charge in [-0.2, -0.15) is 9.47 Å². The summed E-state index contributed by atoms with van der Waals surface area (Å²) in [6.45, 7) is 2.12. The smallest absolute Gasteiger partial charge is 0.320 e. The minimum Gasteiger partial charge on any atom is -0.331 e. The second-order valence-electron chi connectivity index (χ2n) is 4.73. The molecule has 0 unspecified atom stereocenters. The number of nitrogens with zero attached hydrogens (tertiary/aromatic N) is 3. The molecule has 3 rings (SSSR count). The van der Waals surface area contributed by atoms with Gasteiger partial charge in [-0.1, -0.05) is 28.1 Å². The largest absolute Gasteiger partial charge is 0.331 e. The number of anilines is 1. The molecule has 0 bridgehead atoms. The summed E-state index contributed by atoms with van der Waals surface area (Å²) < 4.78 is 5.01. The third-order valence-corrected chi connectivity index (χ3v) is 4.41. The number of urea groups is 1. The molecule has 0 fully saturated rings. The van der Waals surface area contributed by atoms with Gasteiger partial charge in [0.1, 0.15) is 10.8 Å². The Labute approximate surface area is 144 Å². The van der Waals surface area contributed by atoms with Gasteiger partial charge in [-0.05, 0) is 36.7 Å². The lowest BCUT2D eigenvalue weighted by Gasteiger charge is -2.03. The summed E-state index contributed by atoms with van der Waals surface area (Å²) in [5, 5.41) is 13.1. The van der Waals surface area contributed by atoms with E-state index < -0.39 is 0 Å². The third kappa shape index (κ3) is 3.93. The van der Waals surface area contributed by atoms with Gasteiger partial charge in [0.25, 0.3) is 0 Å². The van der Waals surface area contributed by atoms with Crippen molar-refractivity contribution in [1.82, 2.24) is 24.9 Å². The van der Waals surface area contributed by atoms with E-state index in [2.05, 4.69) is 46.1 Å². The number of benzene rings is 1. The predicted octanol–water partition coefficient (Wildman–Crippen LogP) is 3.32. The van der Waals surface area contributed by atoms with Crippen molar-refractivity contribution in [1.29, 1.82) is 0 Å². The topological polar surface area (TPSA) is 95.6 Å². The van der Waals surface area contributed by atoms with E-state index in [1.807, 2.05) is 37.3 Å². The highest BCUT2D eigenvalue weighted by Crippen LogP contribution is 2.24. The van der Waals surface area contributed by atoms with Crippen LogP contribution in [0.1, 0.15) is 11.5 Å². The van der Waals surface area contributed by atoms with Gasteiger partial charge in [0.15, 0.2) is 5.82 Å². The van der Waals surface area contributed by atoms with E-state index in [9.17, 15) is 4.79 Å².